The minimum atomic E-state index is -0.371. The summed E-state index contributed by atoms with van der Waals surface area (Å²) in [7, 11) is 0. The molecule has 3 unspecified atom stereocenters. The van der Waals surface area contributed by atoms with Gasteiger partial charge >= 0.3 is 0 Å². The Labute approximate surface area is 149 Å². The topological polar surface area (TPSA) is 20.2 Å². The zero-order valence-electron chi connectivity index (χ0n) is 14.4. The molecule has 1 nitrogen and oxygen atoms in total. The van der Waals surface area contributed by atoms with Gasteiger partial charge in [0.1, 0.15) is 0 Å². The lowest BCUT2D eigenvalue weighted by Crippen LogP contribution is -2.55. The summed E-state index contributed by atoms with van der Waals surface area (Å²) in [5, 5.41) is 10.7. The molecule has 22 heavy (non-hydrogen) atoms. The van der Waals surface area contributed by atoms with Gasteiger partial charge in [-0.3, -0.25) is 0 Å². The monoisotopic (exact) mass is 414 g/mol. The second-order valence-electron chi connectivity index (χ2n) is 8.62. The van der Waals surface area contributed by atoms with Gasteiger partial charge in [-0.25, -0.2) is 0 Å². The smallest absolute Gasteiger partial charge is 0.0774 e. The molecule has 2 saturated carbocycles. The first-order valence-corrected chi connectivity index (χ1v) is 10.0. The molecule has 6 atom stereocenters. The normalized spacial score (nSPS) is 49.6. The minimum Gasteiger partial charge on any atom is -0.388 e. The average molecular weight is 414 g/mol. The molecular formula is C20H31IO. The van der Waals surface area contributed by atoms with Crippen LogP contribution in [0.4, 0.5) is 0 Å². The Morgan fingerprint density at radius 3 is 2.68 bits per heavy atom. The van der Waals surface area contributed by atoms with Crippen molar-refractivity contribution in [1.82, 2.24) is 0 Å². The SMILES string of the molecule is C=CC(O)[C@]1(C)CCC[C@@]2(C)C3=CCC[C@](C)(I)C3CCC12. The highest BCUT2D eigenvalue weighted by atomic mass is 127. The molecule has 3 rings (SSSR count). The van der Waals surface area contributed by atoms with E-state index >= 15 is 0 Å². The summed E-state index contributed by atoms with van der Waals surface area (Å²) < 4.78 is 0.417. The lowest BCUT2D eigenvalue weighted by molar-refractivity contribution is -0.0810. The third-order valence-electron chi connectivity index (χ3n) is 7.38. The lowest BCUT2D eigenvalue weighted by Gasteiger charge is -2.61. The van der Waals surface area contributed by atoms with Gasteiger partial charge in [0.15, 0.2) is 0 Å². The van der Waals surface area contributed by atoms with Crippen molar-refractivity contribution in [2.75, 3.05) is 0 Å². The van der Waals surface area contributed by atoms with Gasteiger partial charge in [-0.1, -0.05) is 60.6 Å². The van der Waals surface area contributed by atoms with Crippen LogP contribution in [0.5, 0.6) is 0 Å². The molecule has 1 N–H and O–H groups in total. The molecule has 3 aliphatic rings. The number of aliphatic hydroxyl groups is 1. The fourth-order valence-corrected chi connectivity index (χ4v) is 7.06. The van der Waals surface area contributed by atoms with E-state index in [4.69, 9.17) is 0 Å². The van der Waals surface area contributed by atoms with Crippen LogP contribution in [-0.2, 0) is 0 Å². The van der Waals surface area contributed by atoms with E-state index in [2.05, 4.69) is 56.0 Å². The van der Waals surface area contributed by atoms with Gasteiger partial charge < -0.3 is 5.11 Å². The van der Waals surface area contributed by atoms with Gasteiger partial charge in [-0.2, -0.15) is 0 Å². The highest BCUT2D eigenvalue weighted by molar-refractivity contribution is 14.1. The maximum absolute atomic E-state index is 10.7. The summed E-state index contributed by atoms with van der Waals surface area (Å²) in [6, 6.07) is 0. The first kappa shape index (κ1) is 17.0. The van der Waals surface area contributed by atoms with E-state index in [-0.39, 0.29) is 16.9 Å². The molecule has 2 heteroatoms. The number of fused-ring (bicyclic) bond motifs is 3. The molecule has 0 aliphatic heterocycles. The first-order chi connectivity index (χ1) is 10.3. The van der Waals surface area contributed by atoms with E-state index in [9.17, 15) is 5.11 Å². The number of rotatable bonds is 2. The third kappa shape index (κ3) is 2.35. The highest BCUT2D eigenvalue weighted by Crippen LogP contribution is 2.65. The predicted octanol–water partition coefficient (Wildman–Crippen LogP) is 5.67. The average Bonchev–Trinajstić information content (AvgIpc) is 2.46. The van der Waals surface area contributed by atoms with Crippen molar-refractivity contribution in [3.63, 3.8) is 0 Å². The lowest BCUT2D eigenvalue weighted by atomic mass is 9.45. The van der Waals surface area contributed by atoms with Crippen molar-refractivity contribution in [1.29, 1.82) is 0 Å². The van der Waals surface area contributed by atoms with Crippen molar-refractivity contribution < 1.29 is 5.11 Å². The Morgan fingerprint density at radius 1 is 1.27 bits per heavy atom. The van der Waals surface area contributed by atoms with Gasteiger partial charge in [-0.05, 0) is 62.7 Å². The molecule has 0 spiro atoms. The zero-order chi connectivity index (χ0) is 16.2. The summed E-state index contributed by atoms with van der Waals surface area (Å²) >= 11 is 2.72. The van der Waals surface area contributed by atoms with Crippen LogP contribution in [0.15, 0.2) is 24.3 Å². The molecule has 0 aromatic rings. The number of halogens is 1. The van der Waals surface area contributed by atoms with Crippen LogP contribution in [0.1, 0.15) is 65.7 Å². The Kier molecular flexibility index (Phi) is 4.34. The summed E-state index contributed by atoms with van der Waals surface area (Å²) in [5.74, 6) is 1.33. The molecule has 0 saturated heterocycles. The predicted molar refractivity (Wildman–Crippen MR) is 102 cm³/mol. The molecular weight excluding hydrogens is 383 g/mol. The number of alkyl halides is 1. The second kappa shape index (κ2) is 5.61. The number of allylic oxidation sites excluding steroid dienone is 2. The Bertz CT molecular complexity index is 494. The van der Waals surface area contributed by atoms with Crippen molar-refractivity contribution in [2.24, 2.45) is 22.7 Å². The van der Waals surface area contributed by atoms with Crippen molar-refractivity contribution >= 4 is 22.6 Å². The summed E-state index contributed by atoms with van der Waals surface area (Å²) in [6.07, 6.45) is 12.7. The minimum absolute atomic E-state index is 0.000316. The Hall–Kier alpha value is 0.170. The van der Waals surface area contributed by atoms with E-state index in [0.717, 1.165) is 12.3 Å². The van der Waals surface area contributed by atoms with E-state index in [1.54, 1.807) is 11.6 Å². The van der Waals surface area contributed by atoms with Crippen LogP contribution in [0.25, 0.3) is 0 Å². The molecule has 0 radical (unpaired) electrons. The molecule has 0 bridgehead atoms. The maximum Gasteiger partial charge on any atom is 0.0774 e. The van der Waals surface area contributed by atoms with Gasteiger partial charge in [0.2, 0.25) is 0 Å². The van der Waals surface area contributed by atoms with Crippen LogP contribution in [0.3, 0.4) is 0 Å². The zero-order valence-corrected chi connectivity index (χ0v) is 16.5. The quantitative estimate of drug-likeness (QED) is 0.351. The van der Waals surface area contributed by atoms with E-state index < -0.39 is 0 Å². The molecule has 0 aromatic heterocycles. The van der Waals surface area contributed by atoms with Crippen LogP contribution in [0, 0.1) is 22.7 Å². The summed E-state index contributed by atoms with van der Waals surface area (Å²) in [5.41, 5.74) is 2.01. The second-order valence-corrected chi connectivity index (χ2v) is 11.1. The van der Waals surface area contributed by atoms with Crippen LogP contribution in [-0.4, -0.2) is 14.6 Å². The standard InChI is InChI=1S/C20H31IO/c1-5-17(22)19(3)12-7-11-18(2)14-8-6-13-20(4,21)15(14)9-10-16(18)19/h5,8,15-17,22H,1,6-7,9-13H2,2-4H3/t15?,16?,17?,18-,19+,20-/m0/s1. The third-order valence-corrected chi connectivity index (χ3v) is 8.67. The van der Waals surface area contributed by atoms with Crippen LogP contribution < -0.4 is 0 Å². The van der Waals surface area contributed by atoms with Crippen molar-refractivity contribution in [3.8, 4) is 0 Å². The first-order valence-electron chi connectivity index (χ1n) is 8.96. The number of hydrogen-bond donors (Lipinski definition) is 1. The Balaban J connectivity index is 2.02. The van der Waals surface area contributed by atoms with Crippen molar-refractivity contribution in [3.05, 3.63) is 24.3 Å². The number of aliphatic hydroxyl groups excluding tert-OH is 1. The van der Waals surface area contributed by atoms with Crippen LogP contribution in [0.2, 0.25) is 0 Å². The molecule has 0 aromatic carbocycles. The highest BCUT2D eigenvalue weighted by Gasteiger charge is 2.57. The fourth-order valence-electron chi connectivity index (χ4n) is 6.10. The largest absolute Gasteiger partial charge is 0.388 e. The van der Waals surface area contributed by atoms with Gasteiger partial charge in [0, 0.05) is 8.84 Å². The summed E-state index contributed by atoms with van der Waals surface area (Å²) in [4.78, 5) is 0. The molecule has 2 fully saturated rings. The maximum atomic E-state index is 10.7. The van der Waals surface area contributed by atoms with Gasteiger partial charge in [0.25, 0.3) is 0 Å². The summed E-state index contributed by atoms with van der Waals surface area (Å²) in [6.45, 7) is 11.1. The van der Waals surface area contributed by atoms with Crippen molar-refractivity contribution in [2.45, 2.75) is 75.2 Å². The van der Waals surface area contributed by atoms with Gasteiger partial charge in [-0.15, -0.1) is 6.58 Å². The molecule has 0 amide bonds. The van der Waals surface area contributed by atoms with Crippen LogP contribution >= 0.6 is 22.6 Å². The van der Waals surface area contributed by atoms with E-state index in [1.165, 1.54) is 38.5 Å². The van der Waals surface area contributed by atoms with E-state index in [0.29, 0.717) is 9.34 Å². The van der Waals surface area contributed by atoms with E-state index in [1.807, 2.05) is 0 Å². The van der Waals surface area contributed by atoms with Gasteiger partial charge in [0.05, 0.1) is 6.10 Å². The molecule has 124 valence electrons. The Morgan fingerprint density at radius 2 is 2.00 bits per heavy atom. The number of hydrogen-bond acceptors (Lipinski definition) is 1. The fraction of sp³-hybridized carbons (Fsp3) is 0.800. The molecule has 0 heterocycles. The molecule has 3 aliphatic carbocycles.